The highest BCUT2D eigenvalue weighted by Gasteiger charge is 2.21. The van der Waals surface area contributed by atoms with Gasteiger partial charge in [0.05, 0.1) is 11.4 Å². The number of para-hydroxylation sites is 2. The Bertz CT molecular complexity index is 1240. The molecule has 2 N–H and O–H groups in total. The van der Waals surface area contributed by atoms with E-state index >= 15 is 0 Å². The molecule has 194 valence electrons. The average molecular weight is 494 g/mol. The molecule has 0 spiro atoms. The Morgan fingerprint density at radius 3 is 2.05 bits per heavy atom. The average Bonchev–Trinajstić information content (AvgIpc) is 2.86. The second kappa shape index (κ2) is 11.4. The number of anilines is 2. The van der Waals surface area contributed by atoms with E-state index in [0.717, 1.165) is 34.8 Å². The monoisotopic (exact) mass is 493 g/mol. The Hall–Kier alpha value is -3.30. The predicted octanol–water partition coefficient (Wildman–Crippen LogP) is 8.34. The molecule has 4 rings (SSSR count). The van der Waals surface area contributed by atoms with E-state index in [9.17, 15) is 0 Å². The lowest BCUT2D eigenvalue weighted by molar-refractivity contribution is 0.219. The first-order chi connectivity index (χ1) is 17.6. The smallest absolute Gasteiger partial charge is 0.0623 e. The molecule has 1 fully saturated rings. The molecule has 0 radical (unpaired) electrons. The number of benzene rings is 3. The van der Waals surface area contributed by atoms with Crippen LogP contribution in [0.1, 0.15) is 61.4 Å². The third-order valence-electron chi connectivity index (χ3n) is 7.54. The summed E-state index contributed by atoms with van der Waals surface area (Å²) in [5.74, 6) is 0.713. The molecule has 0 bridgehead atoms. The van der Waals surface area contributed by atoms with Crippen molar-refractivity contribution in [2.45, 2.75) is 52.4 Å². The van der Waals surface area contributed by atoms with E-state index < -0.39 is 0 Å². The van der Waals surface area contributed by atoms with Gasteiger partial charge in [-0.25, -0.2) is 0 Å². The maximum absolute atomic E-state index is 4.50. The maximum atomic E-state index is 4.50. The second-order valence-corrected chi connectivity index (χ2v) is 11.7. The summed E-state index contributed by atoms with van der Waals surface area (Å²) in [6, 6.07) is 23.7. The van der Waals surface area contributed by atoms with Crippen molar-refractivity contribution < 1.29 is 0 Å². The minimum Gasteiger partial charge on any atom is -0.354 e. The van der Waals surface area contributed by atoms with Crippen LogP contribution in [0.2, 0.25) is 0 Å². The van der Waals surface area contributed by atoms with Crippen LogP contribution in [0.3, 0.4) is 0 Å². The summed E-state index contributed by atoms with van der Waals surface area (Å²) < 4.78 is 0. The SMILES string of the molecule is C=C(Nc1ccccc1NC(=C)c1ccc(C(C)(C)C)cc1CC1CCN(C)CC1)c1ccc(C)cc1. The van der Waals surface area contributed by atoms with Gasteiger partial charge in [-0.2, -0.15) is 0 Å². The molecule has 1 saturated heterocycles. The Morgan fingerprint density at radius 1 is 0.865 bits per heavy atom. The van der Waals surface area contributed by atoms with Crippen molar-refractivity contribution >= 4 is 22.8 Å². The quantitative estimate of drug-likeness (QED) is 0.330. The fourth-order valence-electron chi connectivity index (χ4n) is 5.02. The molecule has 0 aromatic heterocycles. The maximum Gasteiger partial charge on any atom is 0.0623 e. The molecule has 3 aromatic carbocycles. The zero-order chi connectivity index (χ0) is 26.6. The van der Waals surface area contributed by atoms with Crippen molar-refractivity contribution in [2.24, 2.45) is 5.92 Å². The van der Waals surface area contributed by atoms with E-state index in [-0.39, 0.29) is 5.41 Å². The van der Waals surface area contributed by atoms with Crippen LogP contribution in [0.15, 0.2) is 79.9 Å². The zero-order valence-electron chi connectivity index (χ0n) is 23.3. The molecule has 1 aliphatic heterocycles. The first-order valence-corrected chi connectivity index (χ1v) is 13.5. The molecule has 3 heteroatoms. The van der Waals surface area contributed by atoms with Crippen molar-refractivity contribution in [3.63, 3.8) is 0 Å². The van der Waals surface area contributed by atoms with Crippen LogP contribution >= 0.6 is 0 Å². The van der Waals surface area contributed by atoms with E-state index in [1.54, 1.807) is 0 Å². The summed E-state index contributed by atoms with van der Waals surface area (Å²) in [6.07, 6.45) is 3.60. The zero-order valence-corrected chi connectivity index (χ0v) is 23.3. The first-order valence-electron chi connectivity index (χ1n) is 13.5. The number of aryl methyl sites for hydroxylation is 1. The molecule has 37 heavy (non-hydrogen) atoms. The molecular weight excluding hydrogens is 450 g/mol. The van der Waals surface area contributed by atoms with Gasteiger partial charge < -0.3 is 15.5 Å². The van der Waals surface area contributed by atoms with E-state index in [1.165, 1.54) is 48.2 Å². The lowest BCUT2D eigenvalue weighted by Gasteiger charge is -2.30. The summed E-state index contributed by atoms with van der Waals surface area (Å²) in [6.45, 7) is 20.1. The third-order valence-corrected chi connectivity index (χ3v) is 7.54. The molecule has 0 aliphatic carbocycles. The van der Waals surface area contributed by atoms with Crippen LogP contribution in [0.5, 0.6) is 0 Å². The Labute approximate surface area is 224 Å². The van der Waals surface area contributed by atoms with Gasteiger partial charge in [0.25, 0.3) is 0 Å². The van der Waals surface area contributed by atoms with Gasteiger partial charge in [0.2, 0.25) is 0 Å². The normalized spacial score (nSPS) is 14.8. The summed E-state index contributed by atoms with van der Waals surface area (Å²) in [4.78, 5) is 2.44. The van der Waals surface area contributed by atoms with Crippen LogP contribution in [-0.2, 0) is 11.8 Å². The van der Waals surface area contributed by atoms with Crippen molar-refractivity contribution in [1.29, 1.82) is 0 Å². The van der Waals surface area contributed by atoms with Gasteiger partial charge in [-0.1, -0.05) is 94.1 Å². The van der Waals surface area contributed by atoms with Gasteiger partial charge in [0.15, 0.2) is 0 Å². The molecule has 0 atom stereocenters. The molecule has 3 nitrogen and oxygen atoms in total. The Kier molecular flexibility index (Phi) is 8.24. The molecule has 3 aromatic rings. The van der Waals surface area contributed by atoms with Gasteiger partial charge in [0.1, 0.15) is 0 Å². The highest BCUT2D eigenvalue weighted by Crippen LogP contribution is 2.33. The largest absolute Gasteiger partial charge is 0.354 e. The fourth-order valence-corrected chi connectivity index (χ4v) is 5.02. The van der Waals surface area contributed by atoms with Crippen LogP contribution in [0, 0.1) is 12.8 Å². The molecule has 1 aliphatic rings. The number of hydrogen-bond donors (Lipinski definition) is 2. The Morgan fingerprint density at radius 2 is 1.46 bits per heavy atom. The van der Waals surface area contributed by atoms with Gasteiger partial charge in [0, 0.05) is 17.0 Å². The van der Waals surface area contributed by atoms with E-state index in [2.05, 4.69) is 124 Å². The van der Waals surface area contributed by atoms with Gasteiger partial charge in [-0.05, 0) is 86.5 Å². The standard InChI is InChI=1S/C34H43N3/c1-24-12-14-28(15-13-24)25(2)35-32-10-8-9-11-33(32)36-26(3)31-17-16-30(34(4,5)6)23-29(31)22-27-18-20-37(7)21-19-27/h8-17,23,27,35-36H,2-3,18-22H2,1,4-7H3. The van der Waals surface area contributed by atoms with Crippen molar-refractivity contribution in [3.05, 3.63) is 108 Å². The Balaban J connectivity index is 1.57. The van der Waals surface area contributed by atoms with Crippen LogP contribution < -0.4 is 10.6 Å². The van der Waals surface area contributed by atoms with E-state index in [0.29, 0.717) is 5.92 Å². The number of rotatable bonds is 8. The number of nitrogens with one attached hydrogen (secondary N) is 2. The molecular formula is C34H43N3. The molecule has 1 heterocycles. The van der Waals surface area contributed by atoms with Gasteiger partial charge >= 0.3 is 0 Å². The number of likely N-dealkylation sites (tertiary alicyclic amines) is 1. The minimum atomic E-state index is 0.113. The lowest BCUT2D eigenvalue weighted by atomic mass is 9.82. The van der Waals surface area contributed by atoms with Crippen molar-refractivity contribution in [2.75, 3.05) is 30.8 Å². The lowest BCUT2D eigenvalue weighted by Crippen LogP contribution is -2.31. The van der Waals surface area contributed by atoms with Crippen molar-refractivity contribution in [1.82, 2.24) is 4.90 Å². The second-order valence-electron chi connectivity index (χ2n) is 11.7. The topological polar surface area (TPSA) is 27.3 Å². The number of piperidine rings is 1. The molecule has 0 amide bonds. The predicted molar refractivity (Wildman–Crippen MR) is 162 cm³/mol. The van der Waals surface area contributed by atoms with Crippen LogP contribution in [0.25, 0.3) is 11.4 Å². The molecule has 0 unspecified atom stereocenters. The summed E-state index contributed by atoms with van der Waals surface area (Å²) in [5.41, 5.74) is 10.2. The van der Waals surface area contributed by atoms with E-state index in [1.807, 2.05) is 6.07 Å². The van der Waals surface area contributed by atoms with Gasteiger partial charge in [-0.3, -0.25) is 0 Å². The third kappa shape index (κ3) is 6.93. The van der Waals surface area contributed by atoms with Crippen LogP contribution in [-0.4, -0.2) is 25.0 Å². The van der Waals surface area contributed by atoms with Gasteiger partial charge in [-0.15, -0.1) is 0 Å². The molecule has 0 saturated carbocycles. The summed E-state index contributed by atoms with van der Waals surface area (Å²) >= 11 is 0. The fraction of sp³-hybridized carbons (Fsp3) is 0.353. The summed E-state index contributed by atoms with van der Waals surface area (Å²) in [5, 5.41) is 7.14. The number of nitrogens with zero attached hydrogens (tertiary/aromatic N) is 1. The highest BCUT2D eigenvalue weighted by atomic mass is 15.1. The highest BCUT2D eigenvalue weighted by molar-refractivity contribution is 5.87. The first kappa shape index (κ1) is 26.8. The summed E-state index contributed by atoms with van der Waals surface area (Å²) in [7, 11) is 2.23. The minimum absolute atomic E-state index is 0.113. The number of hydrogen-bond acceptors (Lipinski definition) is 3. The van der Waals surface area contributed by atoms with Crippen LogP contribution in [0.4, 0.5) is 11.4 Å². The van der Waals surface area contributed by atoms with Crippen molar-refractivity contribution in [3.8, 4) is 0 Å². The van der Waals surface area contributed by atoms with E-state index in [4.69, 9.17) is 0 Å².